The minimum atomic E-state index is 0.806. The third kappa shape index (κ3) is 3.49. The van der Waals surface area contributed by atoms with Gasteiger partial charge in [-0.05, 0) is 24.5 Å². The maximum atomic E-state index is 5.53. The van der Waals surface area contributed by atoms with Crippen LogP contribution in [0.5, 0.6) is 5.75 Å². The maximum absolute atomic E-state index is 5.53. The SMILES string of the molecule is CCCCOc1[c]ccc(CC)c1. The third-order valence-corrected chi connectivity index (χ3v) is 2.00. The van der Waals surface area contributed by atoms with Crippen molar-refractivity contribution in [2.75, 3.05) is 6.61 Å². The summed E-state index contributed by atoms with van der Waals surface area (Å²) in [5.74, 6) is 0.882. The van der Waals surface area contributed by atoms with Crippen LogP contribution in [0, 0.1) is 6.07 Å². The van der Waals surface area contributed by atoms with Gasteiger partial charge in [0.1, 0.15) is 5.75 Å². The van der Waals surface area contributed by atoms with Crippen LogP contribution in [-0.2, 0) is 6.42 Å². The molecule has 0 heterocycles. The monoisotopic (exact) mass is 177 g/mol. The first-order chi connectivity index (χ1) is 6.36. The van der Waals surface area contributed by atoms with Gasteiger partial charge in [0.2, 0.25) is 0 Å². The van der Waals surface area contributed by atoms with Gasteiger partial charge in [0.25, 0.3) is 0 Å². The second kappa shape index (κ2) is 5.63. The summed E-state index contributed by atoms with van der Waals surface area (Å²) in [6.07, 6.45) is 3.34. The molecule has 0 aliphatic rings. The lowest BCUT2D eigenvalue weighted by Crippen LogP contribution is -1.96. The Morgan fingerprint density at radius 3 is 2.92 bits per heavy atom. The molecular formula is C12H17O. The smallest absolute Gasteiger partial charge is 0.127 e. The number of benzene rings is 1. The van der Waals surface area contributed by atoms with E-state index in [4.69, 9.17) is 4.74 Å². The van der Waals surface area contributed by atoms with Gasteiger partial charge in [-0.1, -0.05) is 32.4 Å². The van der Waals surface area contributed by atoms with Gasteiger partial charge in [0, 0.05) is 6.07 Å². The fourth-order valence-electron chi connectivity index (χ4n) is 1.12. The zero-order valence-corrected chi connectivity index (χ0v) is 8.47. The van der Waals surface area contributed by atoms with Gasteiger partial charge in [-0.15, -0.1) is 0 Å². The molecule has 0 saturated carbocycles. The van der Waals surface area contributed by atoms with Gasteiger partial charge in [-0.25, -0.2) is 0 Å². The molecule has 1 heteroatoms. The number of unbranched alkanes of at least 4 members (excludes halogenated alkanes) is 1. The molecule has 1 radical (unpaired) electrons. The second-order valence-electron chi connectivity index (χ2n) is 3.12. The van der Waals surface area contributed by atoms with E-state index in [0.717, 1.165) is 25.2 Å². The highest BCUT2D eigenvalue weighted by atomic mass is 16.5. The van der Waals surface area contributed by atoms with E-state index in [1.165, 1.54) is 12.0 Å². The Labute approximate surface area is 80.7 Å². The van der Waals surface area contributed by atoms with Crippen LogP contribution in [0.25, 0.3) is 0 Å². The van der Waals surface area contributed by atoms with Crippen molar-refractivity contribution in [1.82, 2.24) is 0 Å². The van der Waals surface area contributed by atoms with Crippen molar-refractivity contribution in [2.24, 2.45) is 0 Å². The average molecular weight is 177 g/mol. The fraction of sp³-hybridized carbons (Fsp3) is 0.500. The molecule has 0 unspecified atom stereocenters. The first-order valence-electron chi connectivity index (χ1n) is 5.00. The zero-order valence-electron chi connectivity index (χ0n) is 8.47. The normalized spacial score (nSPS) is 10.0. The Morgan fingerprint density at radius 2 is 2.23 bits per heavy atom. The zero-order chi connectivity index (χ0) is 9.52. The number of hydrogen-bond acceptors (Lipinski definition) is 1. The summed E-state index contributed by atoms with van der Waals surface area (Å²) in [4.78, 5) is 0. The van der Waals surface area contributed by atoms with Crippen molar-refractivity contribution in [3.63, 3.8) is 0 Å². The van der Waals surface area contributed by atoms with Gasteiger partial charge in [-0.2, -0.15) is 0 Å². The lowest BCUT2D eigenvalue weighted by atomic mass is 10.2. The molecule has 0 atom stereocenters. The Hall–Kier alpha value is -0.980. The number of ether oxygens (including phenoxy) is 1. The molecule has 0 aliphatic carbocycles. The van der Waals surface area contributed by atoms with Gasteiger partial charge in [0.15, 0.2) is 0 Å². The lowest BCUT2D eigenvalue weighted by molar-refractivity contribution is 0.308. The van der Waals surface area contributed by atoms with Gasteiger partial charge in [0.05, 0.1) is 6.61 Å². The molecule has 0 saturated heterocycles. The van der Waals surface area contributed by atoms with E-state index in [2.05, 4.69) is 32.0 Å². The number of rotatable bonds is 5. The van der Waals surface area contributed by atoms with Crippen LogP contribution < -0.4 is 4.74 Å². The summed E-state index contributed by atoms with van der Waals surface area (Å²) < 4.78 is 5.53. The highest BCUT2D eigenvalue weighted by Gasteiger charge is 1.94. The van der Waals surface area contributed by atoms with E-state index in [-0.39, 0.29) is 0 Å². The molecule has 1 nitrogen and oxygen atoms in total. The quantitative estimate of drug-likeness (QED) is 0.627. The highest BCUT2D eigenvalue weighted by molar-refractivity contribution is 5.27. The first kappa shape index (κ1) is 10.1. The molecule has 0 bridgehead atoms. The van der Waals surface area contributed by atoms with Crippen LogP contribution in [0.15, 0.2) is 18.2 Å². The molecule has 0 amide bonds. The summed E-state index contributed by atoms with van der Waals surface area (Å²) in [6.45, 7) is 5.11. The minimum absolute atomic E-state index is 0.806. The van der Waals surface area contributed by atoms with E-state index >= 15 is 0 Å². The van der Waals surface area contributed by atoms with Crippen molar-refractivity contribution >= 4 is 0 Å². The molecule has 1 rings (SSSR count). The van der Waals surface area contributed by atoms with E-state index in [1.807, 2.05) is 6.07 Å². The van der Waals surface area contributed by atoms with Crippen LogP contribution in [0.1, 0.15) is 32.3 Å². The predicted octanol–water partition coefficient (Wildman–Crippen LogP) is 3.23. The molecule has 0 fully saturated rings. The van der Waals surface area contributed by atoms with Gasteiger partial charge < -0.3 is 4.74 Å². The molecule has 13 heavy (non-hydrogen) atoms. The molecule has 0 aliphatic heterocycles. The van der Waals surface area contributed by atoms with Crippen LogP contribution in [-0.4, -0.2) is 6.61 Å². The molecule has 1 aromatic carbocycles. The summed E-state index contributed by atoms with van der Waals surface area (Å²) in [7, 11) is 0. The van der Waals surface area contributed by atoms with Crippen LogP contribution in [0.4, 0.5) is 0 Å². The standard InChI is InChI=1S/C12H17O/c1-3-5-9-13-12-8-6-7-11(4-2)10-12/h6-7,10H,3-5,9H2,1-2H3. The summed E-state index contributed by atoms with van der Waals surface area (Å²) in [5, 5.41) is 0. The molecule has 1 aromatic rings. The van der Waals surface area contributed by atoms with Crippen molar-refractivity contribution in [1.29, 1.82) is 0 Å². The Kier molecular flexibility index (Phi) is 4.37. The molecular weight excluding hydrogens is 160 g/mol. The van der Waals surface area contributed by atoms with Crippen molar-refractivity contribution in [3.8, 4) is 5.75 Å². The van der Waals surface area contributed by atoms with E-state index in [9.17, 15) is 0 Å². The lowest BCUT2D eigenvalue weighted by Gasteiger charge is -2.05. The first-order valence-corrected chi connectivity index (χ1v) is 5.00. The van der Waals surface area contributed by atoms with Gasteiger partial charge >= 0.3 is 0 Å². The Bertz CT molecular complexity index is 243. The van der Waals surface area contributed by atoms with Crippen molar-refractivity contribution < 1.29 is 4.74 Å². The number of aryl methyl sites for hydroxylation is 1. The molecule has 0 N–H and O–H groups in total. The van der Waals surface area contributed by atoms with Crippen LogP contribution in [0.3, 0.4) is 0 Å². The molecule has 0 aromatic heterocycles. The summed E-state index contributed by atoms with van der Waals surface area (Å²) in [6, 6.07) is 9.15. The fourth-order valence-corrected chi connectivity index (χ4v) is 1.12. The van der Waals surface area contributed by atoms with E-state index in [0.29, 0.717) is 0 Å². The topological polar surface area (TPSA) is 9.23 Å². The summed E-state index contributed by atoms with van der Waals surface area (Å²) in [5.41, 5.74) is 1.31. The highest BCUT2D eigenvalue weighted by Crippen LogP contribution is 2.13. The van der Waals surface area contributed by atoms with Crippen LogP contribution in [0.2, 0.25) is 0 Å². The average Bonchev–Trinajstić information content (AvgIpc) is 2.19. The van der Waals surface area contributed by atoms with E-state index < -0.39 is 0 Å². The van der Waals surface area contributed by atoms with Crippen molar-refractivity contribution in [2.45, 2.75) is 33.1 Å². The van der Waals surface area contributed by atoms with Crippen LogP contribution >= 0.6 is 0 Å². The molecule has 71 valence electrons. The second-order valence-corrected chi connectivity index (χ2v) is 3.12. The largest absolute Gasteiger partial charge is 0.493 e. The van der Waals surface area contributed by atoms with Crippen molar-refractivity contribution in [3.05, 3.63) is 29.8 Å². The Balaban J connectivity index is 2.46. The molecule has 0 spiro atoms. The predicted molar refractivity (Wildman–Crippen MR) is 55.1 cm³/mol. The summed E-state index contributed by atoms with van der Waals surface area (Å²) >= 11 is 0. The van der Waals surface area contributed by atoms with Gasteiger partial charge in [-0.3, -0.25) is 0 Å². The maximum Gasteiger partial charge on any atom is 0.127 e. The third-order valence-electron chi connectivity index (χ3n) is 2.00. The minimum Gasteiger partial charge on any atom is -0.493 e. The van der Waals surface area contributed by atoms with E-state index in [1.54, 1.807) is 0 Å². The number of hydrogen-bond donors (Lipinski definition) is 0. The Morgan fingerprint density at radius 1 is 1.38 bits per heavy atom.